The number of benzene rings is 8. The standard InChI is InChI=1S/C78H78N4O.Pt/c1-73(2,3)49-33-36-79-70(42-49)82-67-29-20-19-27-58(67)59-32-31-55(44-69(59)82)83-54-24-21-23-53(43-54)80-47-81-71-61(48-37-50(74(4,5)6)39-51(38-48)75(7,8)9)40-52(76(10,11)12)41-64(71)63-46-66-65(77(13,14)34-35-78(66,15)16)45-62(63)57-26-18-17-25-56(57)60-28-22-30-68(80)72(60)81;/h17-33,36-42,45-46H,34-35H2,1-16H3;/q-2;. The molecule has 428 valence electrons. The molecule has 0 bridgehead atoms. The summed E-state index contributed by atoms with van der Waals surface area (Å²) in [5.74, 6) is 2.01. The normalized spacial score (nSPS) is 14.7. The van der Waals surface area contributed by atoms with Crippen LogP contribution >= 0.6 is 0 Å². The van der Waals surface area contributed by atoms with Crippen molar-refractivity contribution in [2.75, 3.05) is 0 Å². The van der Waals surface area contributed by atoms with E-state index in [1.54, 1.807) is 0 Å². The Balaban J connectivity index is 0.00000694. The summed E-state index contributed by atoms with van der Waals surface area (Å²) in [6, 6.07) is 64.1. The second-order valence-corrected chi connectivity index (χ2v) is 29.3. The van der Waals surface area contributed by atoms with Crippen LogP contribution < -0.4 is 9.30 Å². The molecule has 0 radical (unpaired) electrons. The van der Waals surface area contributed by atoms with Crippen LogP contribution in [0, 0.1) is 18.5 Å². The zero-order chi connectivity index (χ0) is 58.5. The molecular formula is C78H78N4OPt-2. The van der Waals surface area contributed by atoms with E-state index in [4.69, 9.17) is 9.72 Å². The third-order valence-electron chi connectivity index (χ3n) is 18.3. The number of pyridine rings is 1. The number of nitrogens with zero attached hydrogens (tertiary/aromatic N) is 4. The number of imidazole rings is 1. The largest absolute Gasteiger partial charge is 0.510 e. The first-order valence-corrected chi connectivity index (χ1v) is 29.9. The molecule has 0 N–H and O–H groups in total. The molecule has 0 atom stereocenters. The van der Waals surface area contributed by atoms with Crippen molar-refractivity contribution in [3.05, 3.63) is 210 Å². The van der Waals surface area contributed by atoms with E-state index in [2.05, 4.69) is 282 Å². The van der Waals surface area contributed by atoms with Gasteiger partial charge in [-0.05, 0) is 159 Å². The predicted octanol–water partition coefficient (Wildman–Crippen LogP) is 20.1. The van der Waals surface area contributed by atoms with Crippen molar-refractivity contribution < 1.29 is 30.4 Å². The van der Waals surface area contributed by atoms with Gasteiger partial charge in [0.15, 0.2) is 0 Å². The van der Waals surface area contributed by atoms with Crippen LogP contribution in [-0.4, -0.2) is 14.1 Å². The van der Waals surface area contributed by atoms with Gasteiger partial charge >= 0.3 is 0 Å². The molecule has 8 aromatic carbocycles. The number of rotatable bonds is 5. The van der Waals surface area contributed by atoms with Crippen molar-refractivity contribution in [3.8, 4) is 73.2 Å². The van der Waals surface area contributed by atoms with Crippen molar-refractivity contribution >= 4 is 32.8 Å². The number of ether oxygens (including phenoxy) is 1. The Hall–Kier alpha value is -7.33. The minimum absolute atomic E-state index is 0. The van der Waals surface area contributed by atoms with Gasteiger partial charge in [0, 0.05) is 44.3 Å². The molecule has 0 amide bonds. The van der Waals surface area contributed by atoms with Gasteiger partial charge in [0.05, 0.1) is 16.7 Å². The van der Waals surface area contributed by atoms with Gasteiger partial charge in [-0.2, -0.15) is 18.2 Å². The smallest absolute Gasteiger partial charge is 0.268 e. The summed E-state index contributed by atoms with van der Waals surface area (Å²) in [5.41, 5.74) is 23.2. The third kappa shape index (κ3) is 9.67. The number of para-hydroxylation sites is 2. The van der Waals surface area contributed by atoms with Gasteiger partial charge in [0.25, 0.3) is 6.33 Å². The van der Waals surface area contributed by atoms with Crippen molar-refractivity contribution in [3.63, 3.8) is 0 Å². The molecule has 0 saturated heterocycles. The maximum Gasteiger partial charge on any atom is 0.268 e. The SMILES string of the molecule is CC(C)(C)c1cc(-c2cc(C(C)(C)C)cc3c2-[n+]2[c-]n(-c4[c-]c(Oc5[c-]c6c(cc5)c5ccccc5n6-c5cc(C(C)(C)C)ccn5)ccc4)c4cccc(c42)-c2ccccc2-c2cc4c(cc2-3)C(C)(C)CCC4(C)C)cc(C(C)(C)C)c1.[Pt]. The fourth-order valence-corrected chi connectivity index (χ4v) is 13.0. The van der Waals surface area contributed by atoms with Gasteiger partial charge in [0.2, 0.25) is 0 Å². The first kappa shape index (κ1) is 57.1. The Labute approximate surface area is 513 Å². The molecule has 0 fully saturated rings. The molecule has 0 spiro atoms. The molecule has 1 aliphatic heterocycles. The van der Waals surface area contributed by atoms with Gasteiger partial charge in [-0.25, -0.2) is 4.98 Å². The van der Waals surface area contributed by atoms with E-state index in [0.29, 0.717) is 11.5 Å². The Morgan fingerprint density at radius 3 is 1.68 bits per heavy atom. The summed E-state index contributed by atoms with van der Waals surface area (Å²) in [7, 11) is 0. The summed E-state index contributed by atoms with van der Waals surface area (Å²) >= 11 is 0. The quantitative estimate of drug-likeness (QED) is 0.127. The van der Waals surface area contributed by atoms with Crippen LogP contribution in [0.2, 0.25) is 0 Å². The first-order valence-electron chi connectivity index (χ1n) is 29.9. The average molecular weight is 1280 g/mol. The average Bonchev–Trinajstić information content (AvgIpc) is 1.89. The van der Waals surface area contributed by atoms with E-state index in [-0.39, 0.29) is 53.6 Å². The summed E-state index contributed by atoms with van der Waals surface area (Å²) in [5, 5.41) is 2.22. The molecule has 0 saturated carbocycles. The summed E-state index contributed by atoms with van der Waals surface area (Å²) in [6.07, 6.45) is 8.28. The van der Waals surface area contributed by atoms with E-state index < -0.39 is 0 Å². The van der Waals surface area contributed by atoms with Crippen LogP contribution in [0.4, 0.5) is 0 Å². The van der Waals surface area contributed by atoms with Crippen molar-refractivity contribution in [1.82, 2.24) is 14.1 Å². The predicted molar refractivity (Wildman–Crippen MR) is 345 cm³/mol. The summed E-state index contributed by atoms with van der Waals surface area (Å²) in [4.78, 5) is 4.93. The van der Waals surface area contributed by atoms with Crippen LogP contribution in [0.15, 0.2) is 158 Å². The van der Waals surface area contributed by atoms with E-state index in [1.807, 2.05) is 18.3 Å². The fourth-order valence-electron chi connectivity index (χ4n) is 13.0. The van der Waals surface area contributed by atoms with Gasteiger partial charge in [-0.3, -0.25) is 4.57 Å². The molecule has 1 aliphatic carbocycles. The Morgan fingerprint density at radius 2 is 1.02 bits per heavy atom. The zero-order valence-corrected chi connectivity index (χ0v) is 54.2. The number of hydrogen-bond acceptors (Lipinski definition) is 2. The monoisotopic (exact) mass is 1280 g/mol. The Bertz CT molecular complexity index is 4430. The van der Waals surface area contributed by atoms with Gasteiger partial charge in [0.1, 0.15) is 5.82 Å². The number of hydrogen-bond donors (Lipinski definition) is 0. The maximum absolute atomic E-state index is 6.89. The molecule has 5 nitrogen and oxygen atoms in total. The minimum Gasteiger partial charge on any atom is -0.510 e. The van der Waals surface area contributed by atoms with Gasteiger partial charge in [-0.1, -0.05) is 213 Å². The molecule has 2 aliphatic rings. The second-order valence-electron chi connectivity index (χ2n) is 29.3. The van der Waals surface area contributed by atoms with Crippen molar-refractivity contribution in [1.29, 1.82) is 0 Å². The number of aromatic nitrogens is 4. The van der Waals surface area contributed by atoms with Crippen LogP contribution in [0.1, 0.15) is 157 Å². The molecule has 11 aromatic rings. The summed E-state index contributed by atoms with van der Waals surface area (Å²) < 4.78 is 13.7. The topological polar surface area (TPSA) is 35.9 Å². The molecule has 3 aromatic heterocycles. The van der Waals surface area contributed by atoms with Crippen molar-refractivity contribution in [2.45, 2.75) is 156 Å². The summed E-state index contributed by atoms with van der Waals surface area (Å²) in [6.45, 7) is 37.7. The van der Waals surface area contributed by atoms with Gasteiger partial charge < -0.3 is 13.9 Å². The minimum atomic E-state index is -0.181. The van der Waals surface area contributed by atoms with Crippen LogP contribution in [-0.2, 0) is 53.6 Å². The van der Waals surface area contributed by atoms with Gasteiger partial charge in [-0.15, -0.1) is 29.7 Å². The molecule has 6 heteroatoms. The Morgan fingerprint density at radius 1 is 0.476 bits per heavy atom. The van der Waals surface area contributed by atoms with Crippen LogP contribution in [0.3, 0.4) is 0 Å². The van der Waals surface area contributed by atoms with Crippen LogP contribution in [0.25, 0.3) is 94.5 Å². The maximum atomic E-state index is 6.89. The first-order chi connectivity index (χ1) is 39.1. The molecular weight excluding hydrogens is 1200 g/mol. The third-order valence-corrected chi connectivity index (χ3v) is 18.3. The van der Waals surface area contributed by atoms with E-state index >= 15 is 0 Å². The molecule has 0 unspecified atom stereocenters. The number of fused-ring (bicyclic) bond motifs is 11. The molecule has 13 rings (SSSR count). The van der Waals surface area contributed by atoms with Crippen molar-refractivity contribution in [2.24, 2.45) is 0 Å². The molecule has 84 heavy (non-hydrogen) atoms. The fraction of sp³-hybridized carbons (Fsp3) is 0.308. The van der Waals surface area contributed by atoms with E-state index in [1.165, 1.54) is 72.3 Å². The van der Waals surface area contributed by atoms with E-state index in [0.717, 1.165) is 68.4 Å². The zero-order valence-electron chi connectivity index (χ0n) is 51.9. The van der Waals surface area contributed by atoms with Crippen LogP contribution in [0.5, 0.6) is 11.5 Å². The molecule has 4 heterocycles. The Kier molecular flexibility index (Phi) is 13.5. The van der Waals surface area contributed by atoms with E-state index in [9.17, 15) is 0 Å². The second kappa shape index (κ2) is 19.9.